The predicted molar refractivity (Wildman–Crippen MR) is 67.5 cm³/mol. The van der Waals surface area contributed by atoms with E-state index < -0.39 is 0 Å². The van der Waals surface area contributed by atoms with Crippen molar-refractivity contribution < 1.29 is 5.11 Å². The largest absolute Gasteiger partial charge is 0.387 e. The summed E-state index contributed by atoms with van der Waals surface area (Å²) in [5, 5.41) is 14.8. The highest BCUT2D eigenvalue weighted by molar-refractivity contribution is 7.99. The van der Waals surface area contributed by atoms with Gasteiger partial charge in [-0.25, -0.2) is 0 Å². The lowest BCUT2D eigenvalue weighted by atomic mass is 10.0. The average Bonchev–Trinajstić information content (AvgIpc) is 2.74. The van der Waals surface area contributed by atoms with E-state index in [4.69, 9.17) is 0 Å². The van der Waals surface area contributed by atoms with Gasteiger partial charge in [-0.05, 0) is 12.8 Å². The molecule has 1 aromatic heterocycles. The van der Waals surface area contributed by atoms with Gasteiger partial charge in [0.25, 0.3) is 0 Å². The molecule has 1 aliphatic rings. The van der Waals surface area contributed by atoms with Crippen LogP contribution in [-0.4, -0.2) is 25.9 Å². The van der Waals surface area contributed by atoms with E-state index in [9.17, 15) is 5.11 Å². The molecule has 1 aromatic rings. The van der Waals surface area contributed by atoms with Gasteiger partial charge in [0.15, 0.2) is 0 Å². The quantitative estimate of drug-likeness (QED) is 0.879. The van der Waals surface area contributed by atoms with Crippen LogP contribution in [0.25, 0.3) is 0 Å². The van der Waals surface area contributed by atoms with Gasteiger partial charge in [-0.3, -0.25) is 4.68 Å². The third kappa shape index (κ3) is 3.25. The standard InChI is InChI=1S/C12H20N2OS/c1-14-8-10(7-13-14)12(15)9-16-11-5-3-2-4-6-11/h7-8,11-12,15H,2-6,9H2,1H3. The number of rotatable bonds is 4. The lowest BCUT2D eigenvalue weighted by Gasteiger charge is -2.21. The molecule has 3 nitrogen and oxygen atoms in total. The summed E-state index contributed by atoms with van der Waals surface area (Å²) < 4.78 is 1.74. The van der Waals surface area contributed by atoms with Crippen molar-refractivity contribution in [3.63, 3.8) is 0 Å². The normalized spacial score (nSPS) is 19.9. The van der Waals surface area contributed by atoms with Gasteiger partial charge in [-0.1, -0.05) is 19.3 Å². The lowest BCUT2D eigenvalue weighted by molar-refractivity contribution is 0.204. The molecule has 0 aliphatic heterocycles. The first-order chi connectivity index (χ1) is 7.75. The third-order valence-corrected chi connectivity index (χ3v) is 4.60. The second-order valence-corrected chi connectivity index (χ2v) is 5.89. The van der Waals surface area contributed by atoms with E-state index in [2.05, 4.69) is 5.10 Å². The maximum atomic E-state index is 9.99. The summed E-state index contributed by atoms with van der Waals surface area (Å²) in [5.41, 5.74) is 0.936. The number of nitrogens with zero attached hydrogens (tertiary/aromatic N) is 2. The maximum Gasteiger partial charge on any atom is 0.0910 e. The van der Waals surface area contributed by atoms with Gasteiger partial charge in [0.1, 0.15) is 0 Å². The van der Waals surface area contributed by atoms with Gasteiger partial charge in [-0.15, -0.1) is 0 Å². The Hall–Kier alpha value is -0.480. The zero-order valence-corrected chi connectivity index (χ0v) is 10.6. The van der Waals surface area contributed by atoms with Crippen molar-refractivity contribution in [2.45, 2.75) is 43.5 Å². The first kappa shape index (κ1) is 12.0. The fraction of sp³-hybridized carbons (Fsp3) is 0.750. The molecule has 90 valence electrons. The molecule has 4 heteroatoms. The first-order valence-electron chi connectivity index (χ1n) is 6.04. The molecule has 1 aliphatic carbocycles. The minimum Gasteiger partial charge on any atom is -0.387 e. The van der Waals surface area contributed by atoms with Crippen molar-refractivity contribution in [2.24, 2.45) is 7.05 Å². The molecule has 0 amide bonds. The Bertz CT molecular complexity index is 321. The van der Waals surface area contributed by atoms with Crippen LogP contribution in [0.1, 0.15) is 43.8 Å². The minimum atomic E-state index is -0.361. The summed E-state index contributed by atoms with van der Waals surface area (Å²) in [5.74, 6) is 0.802. The highest BCUT2D eigenvalue weighted by Gasteiger charge is 2.16. The minimum absolute atomic E-state index is 0.361. The topological polar surface area (TPSA) is 38.0 Å². The van der Waals surface area contributed by atoms with Gasteiger partial charge in [-0.2, -0.15) is 16.9 Å². The molecule has 1 heterocycles. The van der Waals surface area contributed by atoms with Gasteiger partial charge < -0.3 is 5.11 Å². The van der Waals surface area contributed by atoms with E-state index in [1.807, 2.05) is 25.0 Å². The van der Waals surface area contributed by atoms with Crippen LogP contribution in [-0.2, 0) is 7.05 Å². The molecule has 16 heavy (non-hydrogen) atoms. The number of aryl methyl sites for hydroxylation is 1. The SMILES string of the molecule is Cn1cc(C(O)CSC2CCCCC2)cn1. The fourth-order valence-electron chi connectivity index (χ4n) is 2.17. The number of aliphatic hydroxyl groups is 1. The lowest BCUT2D eigenvalue weighted by Crippen LogP contribution is -2.11. The third-order valence-electron chi connectivity index (χ3n) is 3.15. The predicted octanol–water partition coefficient (Wildman–Crippen LogP) is 2.52. The second kappa shape index (κ2) is 5.73. The van der Waals surface area contributed by atoms with E-state index >= 15 is 0 Å². The Labute approximate surface area is 101 Å². The van der Waals surface area contributed by atoms with Crippen molar-refractivity contribution in [2.75, 3.05) is 5.75 Å². The molecule has 0 aromatic carbocycles. The summed E-state index contributed by atoms with van der Waals surface area (Å²) >= 11 is 1.92. The molecule has 1 atom stereocenters. The van der Waals surface area contributed by atoms with Crippen LogP contribution in [0.2, 0.25) is 0 Å². The van der Waals surface area contributed by atoms with Gasteiger partial charge >= 0.3 is 0 Å². The Kier molecular flexibility index (Phi) is 4.29. The summed E-state index contributed by atoms with van der Waals surface area (Å²) in [6, 6.07) is 0. The zero-order valence-electron chi connectivity index (χ0n) is 9.80. The van der Waals surface area contributed by atoms with Crippen molar-refractivity contribution in [1.82, 2.24) is 9.78 Å². The number of hydrogen-bond donors (Lipinski definition) is 1. The van der Waals surface area contributed by atoms with Crippen LogP contribution in [0.5, 0.6) is 0 Å². The number of hydrogen-bond acceptors (Lipinski definition) is 3. The van der Waals surface area contributed by atoms with Crippen molar-refractivity contribution in [1.29, 1.82) is 0 Å². The van der Waals surface area contributed by atoms with E-state index in [0.717, 1.165) is 16.6 Å². The van der Waals surface area contributed by atoms with Crippen LogP contribution >= 0.6 is 11.8 Å². The van der Waals surface area contributed by atoms with Crippen molar-refractivity contribution in [3.8, 4) is 0 Å². The molecule has 2 rings (SSSR count). The molecule has 0 radical (unpaired) electrons. The van der Waals surface area contributed by atoms with Crippen molar-refractivity contribution >= 4 is 11.8 Å². The summed E-state index contributed by atoms with van der Waals surface area (Å²) in [7, 11) is 1.88. The Morgan fingerprint density at radius 2 is 2.25 bits per heavy atom. The highest BCUT2D eigenvalue weighted by Crippen LogP contribution is 2.30. The zero-order chi connectivity index (χ0) is 11.4. The van der Waals surface area contributed by atoms with Crippen LogP contribution in [0, 0.1) is 0 Å². The van der Waals surface area contributed by atoms with Crippen LogP contribution < -0.4 is 0 Å². The summed E-state index contributed by atoms with van der Waals surface area (Å²) in [6.45, 7) is 0. The highest BCUT2D eigenvalue weighted by atomic mass is 32.2. The number of aromatic nitrogens is 2. The molecule has 0 saturated heterocycles. The van der Waals surface area contributed by atoms with E-state index in [1.54, 1.807) is 10.9 Å². The molecular formula is C12H20N2OS. The van der Waals surface area contributed by atoms with Crippen LogP contribution in [0.3, 0.4) is 0 Å². The molecule has 1 unspecified atom stereocenters. The van der Waals surface area contributed by atoms with Crippen molar-refractivity contribution in [3.05, 3.63) is 18.0 Å². The van der Waals surface area contributed by atoms with Gasteiger partial charge in [0.2, 0.25) is 0 Å². The summed E-state index contributed by atoms with van der Waals surface area (Å²) in [6.07, 6.45) is 10.1. The van der Waals surface area contributed by atoms with E-state index in [-0.39, 0.29) is 6.10 Å². The van der Waals surface area contributed by atoms with Gasteiger partial charge in [0, 0.05) is 29.8 Å². The first-order valence-corrected chi connectivity index (χ1v) is 7.09. The monoisotopic (exact) mass is 240 g/mol. The second-order valence-electron chi connectivity index (χ2n) is 4.56. The molecule has 0 bridgehead atoms. The number of thioether (sulfide) groups is 1. The van der Waals surface area contributed by atoms with Gasteiger partial charge in [0.05, 0.1) is 12.3 Å². The Morgan fingerprint density at radius 1 is 1.50 bits per heavy atom. The molecule has 1 saturated carbocycles. The van der Waals surface area contributed by atoms with Crippen LogP contribution in [0.15, 0.2) is 12.4 Å². The molecule has 1 N–H and O–H groups in total. The van der Waals surface area contributed by atoms with E-state index in [1.165, 1.54) is 32.1 Å². The average molecular weight is 240 g/mol. The van der Waals surface area contributed by atoms with E-state index in [0.29, 0.717) is 0 Å². The Balaban J connectivity index is 1.76. The maximum absolute atomic E-state index is 9.99. The Morgan fingerprint density at radius 3 is 2.88 bits per heavy atom. The summed E-state index contributed by atoms with van der Waals surface area (Å²) in [4.78, 5) is 0. The molecule has 1 fully saturated rings. The fourth-order valence-corrected chi connectivity index (χ4v) is 3.48. The molecular weight excluding hydrogens is 220 g/mol. The number of aliphatic hydroxyl groups excluding tert-OH is 1. The smallest absolute Gasteiger partial charge is 0.0910 e. The van der Waals surface area contributed by atoms with Crippen LogP contribution in [0.4, 0.5) is 0 Å². The molecule has 0 spiro atoms.